The van der Waals surface area contributed by atoms with Crippen LogP contribution in [0.25, 0.3) is 11.5 Å². The van der Waals surface area contributed by atoms with Crippen molar-refractivity contribution in [3.8, 4) is 11.5 Å². The van der Waals surface area contributed by atoms with Gasteiger partial charge in [-0.3, -0.25) is 4.79 Å². The first-order valence-corrected chi connectivity index (χ1v) is 10.9. The minimum Gasteiger partial charge on any atom is -0.459 e. The number of benzene rings is 2. The lowest BCUT2D eigenvalue weighted by molar-refractivity contribution is -0.144. The molecule has 3 aromatic rings. The van der Waals surface area contributed by atoms with Crippen molar-refractivity contribution in [2.45, 2.75) is 31.0 Å². The Balaban J connectivity index is 1.52. The van der Waals surface area contributed by atoms with Crippen LogP contribution >= 0.6 is 0 Å². The molecule has 0 saturated heterocycles. The molecule has 0 saturated carbocycles. The number of halogens is 3. The molecule has 0 aliphatic carbocycles. The van der Waals surface area contributed by atoms with Crippen LogP contribution < -0.4 is 4.72 Å². The van der Waals surface area contributed by atoms with E-state index in [-0.39, 0.29) is 19.6 Å². The average molecular weight is 468 g/mol. The normalized spacial score (nSPS) is 12.0. The first-order chi connectivity index (χ1) is 15.1. The van der Waals surface area contributed by atoms with E-state index in [0.717, 1.165) is 23.8 Å². The van der Waals surface area contributed by atoms with E-state index in [1.807, 2.05) is 30.3 Å². The predicted molar refractivity (Wildman–Crippen MR) is 108 cm³/mol. The maximum Gasteiger partial charge on any atom is 0.416 e. The number of aromatic nitrogens is 1. The van der Waals surface area contributed by atoms with E-state index in [4.69, 9.17) is 9.15 Å². The molecule has 3 rings (SSSR count). The second-order valence-electron chi connectivity index (χ2n) is 6.72. The highest BCUT2D eigenvalue weighted by atomic mass is 32.2. The summed E-state index contributed by atoms with van der Waals surface area (Å²) >= 11 is 0. The molecule has 1 heterocycles. The number of carbonyl (C=O) groups excluding carboxylic acids is 1. The standard InChI is InChI=1S/C21H19F3N2O5S/c1-14-18(26-20(31-14)15-6-3-2-4-7-15)13-30-19(27)10-11-25-32(28,29)17-9-5-8-16(12-17)21(22,23)24/h2-9,12,25H,10-11,13H2,1H3. The lowest BCUT2D eigenvalue weighted by atomic mass is 10.2. The molecule has 11 heteroatoms. The number of nitrogens with one attached hydrogen (secondary N) is 1. The molecule has 32 heavy (non-hydrogen) atoms. The lowest BCUT2D eigenvalue weighted by Crippen LogP contribution is -2.27. The molecule has 1 aromatic heterocycles. The fourth-order valence-electron chi connectivity index (χ4n) is 2.70. The summed E-state index contributed by atoms with van der Waals surface area (Å²) in [6.07, 6.45) is -4.99. The molecule has 0 bridgehead atoms. The summed E-state index contributed by atoms with van der Waals surface area (Å²) < 4.78 is 75.5. The predicted octanol–water partition coefficient (Wildman–Crippen LogP) is 4.08. The van der Waals surface area contributed by atoms with E-state index in [0.29, 0.717) is 23.4 Å². The number of oxazole rings is 1. The molecule has 1 N–H and O–H groups in total. The second kappa shape index (κ2) is 9.53. The maximum absolute atomic E-state index is 12.8. The molecule has 0 spiro atoms. The molecule has 0 aliphatic rings. The van der Waals surface area contributed by atoms with Gasteiger partial charge in [0, 0.05) is 12.1 Å². The van der Waals surface area contributed by atoms with Crippen LogP contribution in [-0.4, -0.2) is 25.9 Å². The Kier molecular flexibility index (Phi) is 6.99. The number of rotatable bonds is 8. The number of hydrogen-bond acceptors (Lipinski definition) is 6. The van der Waals surface area contributed by atoms with Crippen LogP contribution in [0, 0.1) is 6.92 Å². The van der Waals surface area contributed by atoms with Gasteiger partial charge in [-0.05, 0) is 37.3 Å². The van der Waals surface area contributed by atoms with E-state index in [1.165, 1.54) is 0 Å². The number of alkyl halides is 3. The molecule has 0 atom stereocenters. The monoisotopic (exact) mass is 468 g/mol. The highest BCUT2D eigenvalue weighted by molar-refractivity contribution is 7.89. The molecule has 0 aliphatic heterocycles. The molecule has 0 amide bonds. The van der Waals surface area contributed by atoms with Crippen LogP contribution in [0.5, 0.6) is 0 Å². The molecular formula is C21H19F3N2O5S. The van der Waals surface area contributed by atoms with Gasteiger partial charge in [0.2, 0.25) is 15.9 Å². The minimum atomic E-state index is -4.67. The molecule has 7 nitrogen and oxygen atoms in total. The van der Waals surface area contributed by atoms with Crippen molar-refractivity contribution in [3.63, 3.8) is 0 Å². The second-order valence-corrected chi connectivity index (χ2v) is 8.49. The molecule has 0 unspecified atom stereocenters. The molecule has 0 radical (unpaired) electrons. The first kappa shape index (κ1) is 23.5. The fraction of sp³-hybridized carbons (Fsp3) is 0.238. The maximum atomic E-state index is 12.8. The highest BCUT2D eigenvalue weighted by Crippen LogP contribution is 2.30. The fourth-order valence-corrected chi connectivity index (χ4v) is 3.77. The number of esters is 1. The Morgan fingerprint density at radius 2 is 1.84 bits per heavy atom. The highest BCUT2D eigenvalue weighted by Gasteiger charge is 2.31. The summed E-state index contributed by atoms with van der Waals surface area (Å²) in [6, 6.07) is 12.5. The van der Waals surface area contributed by atoms with Crippen molar-refractivity contribution in [3.05, 3.63) is 71.6 Å². The van der Waals surface area contributed by atoms with Crippen LogP contribution in [0.2, 0.25) is 0 Å². The number of ether oxygens (including phenoxy) is 1. The Bertz CT molecular complexity index is 1190. The van der Waals surface area contributed by atoms with Crippen molar-refractivity contribution < 1.29 is 35.5 Å². The largest absolute Gasteiger partial charge is 0.459 e. The number of hydrogen-bond donors (Lipinski definition) is 1. The van der Waals surface area contributed by atoms with Gasteiger partial charge < -0.3 is 9.15 Å². The molecule has 2 aromatic carbocycles. The summed E-state index contributed by atoms with van der Waals surface area (Å²) in [4.78, 5) is 15.7. The van der Waals surface area contributed by atoms with Crippen LogP contribution in [0.3, 0.4) is 0 Å². The summed E-state index contributed by atoms with van der Waals surface area (Å²) in [5.41, 5.74) is 0.0940. The summed E-state index contributed by atoms with van der Waals surface area (Å²) in [6.45, 7) is 1.16. The van der Waals surface area contributed by atoms with Gasteiger partial charge in [0.15, 0.2) is 0 Å². The van der Waals surface area contributed by atoms with Gasteiger partial charge in [-0.2, -0.15) is 13.2 Å². The molecule has 0 fully saturated rings. The third-order valence-electron chi connectivity index (χ3n) is 4.38. The first-order valence-electron chi connectivity index (χ1n) is 9.40. The number of nitrogens with zero attached hydrogens (tertiary/aromatic N) is 1. The van der Waals surface area contributed by atoms with Crippen LogP contribution in [0.4, 0.5) is 13.2 Å². The van der Waals surface area contributed by atoms with Crippen molar-refractivity contribution in [1.29, 1.82) is 0 Å². The summed E-state index contributed by atoms with van der Waals surface area (Å²) in [5.74, 6) is 0.144. The average Bonchev–Trinajstić information content (AvgIpc) is 3.13. The van der Waals surface area contributed by atoms with Crippen LogP contribution in [-0.2, 0) is 32.3 Å². The van der Waals surface area contributed by atoms with Crippen LogP contribution in [0.15, 0.2) is 63.9 Å². The van der Waals surface area contributed by atoms with Gasteiger partial charge in [0.1, 0.15) is 18.1 Å². The topological polar surface area (TPSA) is 98.5 Å². The third-order valence-corrected chi connectivity index (χ3v) is 5.83. The molecular weight excluding hydrogens is 449 g/mol. The van der Waals surface area contributed by atoms with Gasteiger partial charge in [-0.15, -0.1) is 0 Å². The van der Waals surface area contributed by atoms with Gasteiger partial charge in [0.05, 0.1) is 16.9 Å². The van der Waals surface area contributed by atoms with E-state index in [1.54, 1.807) is 6.92 Å². The Hall–Kier alpha value is -3.18. The summed E-state index contributed by atoms with van der Waals surface area (Å²) in [5, 5.41) is 0. The van der Waals surface area contributed by atoms with E-state index in [9.17, 15) is 26.4 Å². The Labute approximate surface area is 182 Å². The van der Waals surface area contributed by atoms with Crippen molar-refractivity contribution >= 4 is 16.0 Å². The van der Waals surface area contributed by atoms with E-state index < -0.39 is 32.6 Å². The van der Waals surface area contributed by atoms with E-state index >= 15 is 0 Å². The zero-order valence-electron chi connectivity index (χ0n) is 16.8. The van der Waals surface area contributed by atoms with E-state index in [2.05, 4.69) is 9.71 Å². The Morgan fingerprint density at radius 3 is 2.53 bits per heavy atom. The van der Waals surface area contributed by atoms with Crippen molar-refractivity contribution in [1.82, 2.24) is 9.71 Å². The van der Waals surface area contributed by atoms with Gasteiger partial charge in [0.25, 0.3) is 0 Å². The SMILES string of the molecule is Cc1oc(-c2ccccc2)nc1COC(=O)CCNS(=O)(=O)c1cccc(C(F)(F)F)c1. The summed E-state index contributed by atoms with van der Waals surface area (Å²) in [7, 11) is -4.22. The number of aryl methyl sites for hydroxylation is 1. The van der Waals surface area contributed by atoms with Gasteiger partial charge >= 0.3 is 12.1 Å². The molecule has 170 valence electrons. The minimum absolute atomic E-state index is 0.165. The lowest BCUT2D eigenvalue weighted by Gasteiger charge is -2.10. The number of carbonyl (C=O) groups is 1. The quantitative estimate of drug-likeness (QED) is 0.500. The van der Waals surface area contributed by atoms with Crippen molar-refractivity contribution in [2.75, 3.05) is 6.54 Å². The Morgan fingerprint density at radius 1 is 1.12 bits per heavy atom. The van der Waals surface area contributed by atoms with Gasteiger partial charge in [-0.1, -0.05) is 24.3 Å². The van der Waals surface area contributed by atoms with Gasteiger partial charge in [-0.25, -0.2) is 18.1 Å². The zero-order chi connectivity index (χ0) is 23.4. The zero-order valence-corrected chi connectivity index (χ0v) is 17.7. The van der Waals surface area contributed by atoms with Crippen molar-refractivity contribution in [2.24, 2.45) is 0 Å². The number of sulfonamides is 1. The van der Waals surface area contributed by atoms with Crippen LogP contribution in [0.1, 0.15) is 23.4 Å². The third kappa shape index (κ3) is 5.95. The smallest absolute Gasteiger partial charge is 0.416 e.